The van der Waals surface area contributed by atoms with E-state index >= 15 is 0 Å². The predicted octanol–water partition coefficient (Wildman–Crippen LogP) is 3.04. The first-order valence-corrected chi connectivity index (χ1v) is 6.80. The molecular formula is C14H21ClN2O. The van der Waals surface area contributed by atoms with Crippen LogP contribution in [0.3, 0.4) is 0 Å². The minimum Gasteiger partial charge on any atom is -0.378 e. The molecule has 0 radical (unpaired) electrons. The number of hydrogen-bond donors (Lipinski definition) is 2. The summed E-state index contributed by atoms with van der Waals surface area (Å²) < 4.78 is 5.78. The van der Waals surface area contributed by atoms with Crippen molar-refractivity contribution in [2.75, 3.05) is 11.9 Å². The summed E-state index contributed by atoms with van der Waals surface area (Å²) in [5.74, 6) is 0. The molecule has 0 aromatic heterocycles. The zero-order valence-electron chi connectivity index (χ0n) is 10.9. The summed E-state index contributed by atoms with van der Waals surface area (Å²) in [6.45, 7) is 4.81. The lowest BCUT2D eigenvalue weighted by Gasteiger charge is -2.43. The summed E-state index contributed by atoms with van der Waals surface area (Å²) in [5.41, 5.74) is 6.98. The number of ether oxygens (including phenoxy) is 1. The van der Waals surface area contributed by atoms with E-state index < -0.39 is 0 Å². The lowest BCUT2D eigenvalue weighted by atomic mass is 9.84. The van der Waals surface area contributed by atoms with Crippen molar-refractivity contribution in [2.24, 2.45) is 5.73 Å². The van der Waals surface area contributed by atoms with Crippen molar-refractivity contribution in [1.82, 2.24) is 0 Å². The molecule has 3 nitrogen and oxygen atoms in total. The quantitative estimate of drug-likeness (QED) is 0.886. The lowest BCUT2D eigenvalue weighted by Crippen LogP contribution is -2.53. The Morgan fingerprint density at radius 2 is 1.83 bits per heavy atom. The highest BCUT2D eigenvalue weighted by atomic mass is 35.5. The Bertz CT molecular complexity index is 383. The second-order valence-corrected chi connectivity index (χ2v) is 5.72. The smallest absolute Gasteiger partial charge is 0.0573 e. The molecular weight excluding hydrogens is 248 g/mol. The van der Waals surface area contributed by atoms with E-state index in [-0.39, 0.29) is 17.7 Å². The van der Waals surface area contributed by atoms with Gasteiger partial charge in [-0.05, 0) is 51.0 Å². The molecule has 4 heteroatoms. The number of halogens is 1. The van der Waals surface area contributed by atoms with Gasteiger partial charge in [-0.15, -0.1) is 0 Å². The van der Waals surface area contributed by atoms with E-state index in [0.717, 1.165) is 23.6 Å². The Balaban J connectivity index is 2.14. The fourth-order valence-corrected chi connectivity index (χ4v) is 2.96. The Morgan fingerprint density at radius 3 is 2.33 bits per heavy atom. The highest BCUT2D eigenvalue weighted by Crippen LogP contribution is 2.31. The minimum atomic E-state index is -0.0785. The summed E-state index contributed by atoms with van der Waals surface area (Å²) >= 11 is 5.90. The van der Waals surface area contributed by atoms with E-state index in [9.17, 15) is 0 Å². The predicted molar refractivity (Wildman–Crippen MR) is 76.1 cm³/mol. The van der Waals surface area contributed by atoms with Crippen molar-refractivity contribution in [2.45, 2.75) is 44.4 Å². The molecule has 1 fully saturated rings. The van der Waals surface area contributed by atoms with Gasteiger partial charge in [0.1, 0.15) is 0 Å². The third kappa shape index (κ3) is 3.16. The summed E-state index contributed by atoms with van der Waals surface area (Å²) in [4.78, 5) is 0. The average molecular weight is 269 g/mol. The van der Waals surface area contributed by atoms with Gasteiger partial charge in [-0.2, -0.15) is 0 Å². The SMILES string of the molecule is CC1CC(CN)(Nc2ccc(Cl)cc2)CC(C)O1. The van der Waals surface area contributed by atoms with Crippen LogP contribution in [0.15, 0.2) is 24.3 Å². The second kappa shape index (κ2) is 5.47. The summed E-state index contributed by atoms with van der Waals surface area (Å²) in [7, 11) is 0. The topological polar surface area (TPSA) is 47.3 Å². The van der Waals surface area contributed by atoms with Crippen molar-refractivity contribution in [3.63, 3.8) is 0 Å². The van der Waals surface area contributed by atoms with Crippen molar-refractivity contribution in [3.8, 4) is 0 Å². The number of benzene rings is 1. The van der Waals surface area contributed by atoms with Gasteiger partial charge in [-0.25, -0.2) is 0 Å². The van der Waals surface area contributed by atoms with Gasteiger partial charge in [0.25, 0.3) is 0 Å². The van der Waals surface area contributed by atoms with Crippen LogP contribution < -0.4 is 11.1 Å². The number of anilines is 1. The molecule has 100 valence electrons. The molecule has 0 bridgehead atoms. The molecule has 1 aliphatic heterocycles. The molecule has 3 N–H and O–H groups in total. The van der Waals surface area contributed by atoms with Crippen LogP contribution in [0.25, 0.3) is 0 Å². The minimum absolute atomic E-state index is 0.0785. The third-order valence-electron chi connectivity index (χ3n) is 3.47. The highest BCUT2D eigenvalue weighted by molar-refractivity contribution is 6.30. The molecule has 18 heavy (non-hydrogen) atoms. The molecule has 1 heterocycles. The highest BCUT2D eigenvalue weighted by Gasteiger charge is 2.37. The van der Waals surface area contributed by atoms with Gasteiger partial charge in [0.15, 0.2) is 0 Å². The van der Waals surface area contributed by atoms with Crippen molar-refractivity contribution in [1.29, 1.82) is 0 Å². The molecule has 1 aromatic rings. The van der Waals surface area contributed by atoms with Crippen LogP contribution in [0, 0.1) is 0 Å². The lowest BCUT2D eigenvalue weighted by molar-refractivity contribution is -0.0536. The van der Waals surface area contributed by atoms with Gasteiger partial charge in [0.2, 0.25) is 0 Å². The van der Waals surface area contributed by atoms with E-state index in [2.05, 4.69) is 19.2 Å². The summed E-state index contributed by atoms with van der Waals surface area (Å²) in [5, 5.41) is 4.31. The van der Waals surface area contributed by atoms with Crippen LogP contribution in [-0.2, 0) is 4.74 Å². The van der Waals surface area contributed by atoms with Crippen molar-refractivity contribution >= 4 is 17.3 Å². The number of rotatable bonds is 3. The van der Waals surface area contributed by atoms with Gasteiger partial charge < -0.3 is 15.8 Å². The first-order chi connectivity index (χ1) is 8.53. The largest absolute Gasteiger partial charge is 0.378 e. The molecule has 1 saturated heterocycles. The molecule has 0 saturated carbocycles. The molecule has 0 aliphatic carbocycles. The fraction of sp³-hybridized carbons (Fsp3) is 0.571. The van der Waals surface area contributed by atoms with Gasteiger partial charge in [0.05, 0.1) is 17.7 Å². The van der Waals surface area contributed by atoms with E-state index in [1.165, 1.54) is 0 Å². The molecule has 0 amide bonds. The van der Waals surface area contributed by atoms with Crippen LogP contribution in [0.1, 0.15) is 26.7 Å². The Kier molecular flexibility index (Phi) is 4.15. The van der Waals surface area contributed by atoms with Crippen LogP contribution >= 0.6 is 11.6 Å². The normalized spacial score (nSPS) is 32.2. The summed E-state index contributed by atoms with van der Waals surface area (Å²) in [6, 6.07) is 7.76. The maximum Gasteiger partial charge on any atom is 0.0573 e. The van der Waals surface area contributed by atoms with Crippen LogP contribution in [0.4, 0.5) is 5.69 Å². The zero-order chi connectivity index (χ0) is 13.2. The van der Waals surface area contributed by atoms with E-state index in [1.807, 2.05) is 24.3 Å². The van der Waals surface area contributed by atoms with Gasteiger partial charge in [-0.1, -0.05) is 11.6 Å². The number of hydrogen-bond acceptors (Lipinski definition) is 3. The van der Waals surface area contributed by atoms with Crippen molar-refractivity contribution < 1.29 is 4.74 Å². The van der Waals surface area contributed by atoms with Crippen LogP contribution in [0.5, 0.6) is 0 Å². The second-order valence-electron chi connectivity index (χ2n) is 5.28. The van der Waals surface area contributed by atoms with E-state index in [0.29, 0.717) is 6.54 Å². The molecule has 1 aromatic carbocycles. The van der Waals surface area contributed by atoms with Gasteiger partial charge >= 0.3 is 0 Å². The maximum atomic E-state index is 6.00. The van der Waals surface area contributed by atoms with E-state index in [4.69, 9.17) is 22.1 Å². The standard InChI is InChI=1S/C14H21ClN2O/c1-10-7-14(9-16,8-11(2)18-10)17-13-5-3-12(15)4-6-13/h3-6,10-11,17H,7-9,16H2,1-2H3. The maximum absolute atomic E-state index is 6.00. The van der Waals surface area contributed by atoms with Gasteiger partial charge in [-0.3, -0.25) is 0 Å². The van der Waals surface area contributed by atoms with Crippen LogP contribution in [0.2, 0.25) is 5.02 Å². The number of nitrogens with one attached hydrogen (secondary N) is 1. The molecule has 2 unspecified atom stereocenters. The Labute approximate surface area is 114 Å². The third-order valence-corrected chi connectivity index (χ3v) is 3.72. The Morgan fingerprint density at radius 1 is 1.28 bits per heavy atom. The summed E-state index contributed by atoms with van der Waals surface area (Å²) in [6.07, 6.45) is 2.32. The van der Waals surface area contributed by atoms with Crippen molar-refractivity contribution in [3.05, 3.63) is 29.3 Å². The fourth-order valence-electron chi connectivity index (χ4n) is 2.84. The van der Waals surface area contributed by atoms with E-state index in [1.54, 1.807) is 0 Å². The first-order valence-electron chi connectivity index (χ1n) is 6.42. The average Bonchev–Trinajstić information content (AvgIpc) is 2.31. The zero-order valence-corrected chi connectivity index (χ0v) is 11.7. The monoisotopic (exact) mass is 268 g/mol. The Hall–Kier alpha value is -0.770. The molecule has 2 atom stereocenters. The van der Waals surface area contributed by atoms with Crippen LogP contribution in [-0.4, -0.2) is 24.3 Å². The number of nitrogens with two attached hydrogens (primary N) is 1. The molecule has 1 aliphatic rings. The molecule has 2 rings (SSSR count). The van der Waals surface area contributed by atoms with Gasteiger partial charge in [0, 0.05) is 17.3 Å². The molecule has 0 spiro atoms. The first kappa shape index (κ1) is 13.7.